The number of hydrogen-bond acceptors (Lipinski definition) is 2. The van der Waals surface area contributed by atoms with Gasteiger partial charge in [-0.25, -0.2) is 0 Å². The van der Waals surface area contributed by atoms with Crippen LogP contribution in [0.1, 0.15) is 31.4 Å². The van der Waals surface area contributed by atoms with Gasteiger partial charge in [0.15, 0.2) is 0 Å². The fraction of sp³-hybridized carbons (Fsp3) is 0.500. The number of benzene rings is 1. The van der Waals surface area contributed by atoms with Crippen molar-refractivity contribution in [2.75, 3.05) is 7.05 Å². The molecule has 0 spiro atoms. The topological polar surface area (TPSA) is 40.5 Å². The van der Waals surface area contributed by atoms with Gasteiger partial charge in [-0.2, -0.15) is 0 Å². The van der Waals surface area contributed by atoms with Crippen LogP contribution in [0, 0.1) is 5.92 Å². The molecule has 1 saturated carbocycles. The summed E-state index contributed by atoms with van der Waals surface area (Å²) in [6, 6.07) is 7.26. The largest absolute Gasteiger partial charge is 0.480 e. The van der Waals surface area contributed by atoms with Gasteiger partial charge in [0.2, 0.25) is 0 Å². The molecule has 1 aromatic rings. The van der Waals surface area contributed by atoms with Gasteiger partial charge < -0.3 is 5.11 Å². The van der Waals surface area contributed by atoms with Crippen LogP contribution in [-0.2, 0) is 4.79 Å². The Morgan fingerprint density at radius 3 is 2.67 bits per heavy atom. The standard InChI is InChI=1S/C14H18ClNO2/c1-9(11-4-3-5-12(15)8-11)16(2)13(14(17)18)10-6-7-10/h3-5,8-10,13H,6-7H2,1-2H3,(H,17,18). The van der Waals surface area contributed by atoms with Crippen molar-refractivity contribution in [3.63, 3.8) is 0 Å². The monoisotopic (exact) mass is 267 g/mol. The van der Waals surface area contributed by atoms with Crippen molar-refractivity contribution in [1.29, 1.82) is 0 Å². The summed E-state index contributed by atoms with van der Waals surface area (Å²) in [4.78, 5) is 13.3. The van der Waals surface area contributed by atoms with E-state index in [0.29, 0.717) is 10.9 Å². The van der Waals surface area contributed by atoms with Crippen LogP contribution in [0.25, 0.3) is 0 Å². The summed E-state index contributed by atoms with van der Waals surface area (Å²) in [5.41, 5.74) is 1.05. The summed E-state index contributed by atoms with van der Waals surface area (Å²) >= 11 is 5.98. The van der Waals surface area contributed by atoms with E-state index in [4.69, 9.17) is 11.6 Å². The number of carboxylic acids is 1. The lowest BCUT2D eigenvalue weighted by Crippen LogP contribution is -2.41. The highest BCUT2D eigenvalue weighted by Crippen LogP contribution is 2.37. The molecule has 1 aliphatic carbocycles. The van der Waals surface area contributed by atoms with E-state index in [1.54, 1.807) is 0 Å². The van der Waals surface area contributed by atoms with E-state index >= 15 is 0 Å². The second-order valence-electron chi connectivity index (χ2n) is 5.02. The minimum atomic E-state index is -0.728. The summed E-state index contributed by atoms with van der Waals surface area (Å²) in [6.45, 7) is 2.02. The van der Waals surface area contributed by atoms with Gasteiger partial charge >= 0.3 is 5.97 Å². The maximum atomic E-state index is 11.4. The number of carboxylic acid groups (broad SMARTS) is 1. The third-order valence-corrected chi connectivity index (χ3v) is 3.94. The Morgan fingerprint density at radius 2 is 2.17 bits per heavy atom. The number of aliphatic carboxylic acids is 1. The van der Waals surface area contributed by atoms with Gasteiger partial charge in [0, 0.05) is 11.1 Å². The van der Waals surface area contributed by atoms with E-state index in [2.05, 4.69) is 0 Å². The minimum Gasteiger partial charge on any atom is -0.480 e. The van der Waals surface area contributed by atoms with Crippen molar-refractivity contribution >= 4 is 17.6 Å². The molecule has 2 rings (SSSR count). The van der Waals surface area contributed by atoms with E-state index in [1.165, 1.54) is 0 Å². The predicted molar refractivity (Wildman–Crippen MR) is 71.8 cm³/mol. The first-order chi connectivity index (χ1) is 8.50. The van der Waals surface area contributed by atoms with Crippen molar-refractivity contribution in [2.24, 2.45) is 5.92 Å². The Bertz CT molecular complexity index is 445. The number of rotatable bonds is 5. The van der Waals surface area contributed by atoms with Crippen molar-refractivity contribution in [2.45, 2.75) is 31.8 Å². The maximum absolute atomic E-state index is 11.4. The van der Waals surface area contributed by atoms with Crippen LogP contribution in [-0.4, -0.2) is 29.1 Å². The highest BCUT2D eigenvalue weighted by molar-refractivity contribution is 6.30. The molecule has 0 saturated heterocycles. The molecule has 0 heterocycles. The Labute approximate surface area is 112 Å². The van der Waals surface area contributed by atoms with Gasteiger partial charge in [-0.1, -0.05) is 23.7 Å². The molecule has 0 amide bonds. The maximum Gasteiger partial charge on any atom is 0.321 e. The molecule has 0 radical (unpaired) electrons. The van der Waals surface area contributed by atoms with Crippen molar-refractivity contribution in [1.82, 2.24) is 4.90 Å². The fourth-order valence-electron chi connectivity index (χ4n) is 2.36. The first-order valence-electron chi connectivity index (χ1n) is 6.21. The lowest BCUT2D eigenvalue weighted by molar-refractivity contribution is -0.144. The first-order valence-corrected chi connectivity index (χ1v) is 6.58. The SMILES string of the molecule is CC(c1cccc(Cl)c1)N(C)C(C(=O)O)C1CC1. The van der Waals surface area contributed by atoms with Crippen LogP contribution in [0.2, 0.25) is 5.02 Å². The molecule has 98 valence electrons. The molecular formula is C14H18ClNO2. The normalized spacial score (nSPS) is 18.7. The third kappa shape index (κ3) is 2.85. The number of carbonyl (C=O) groups is 1. The zero-order chi connectivity index (χ0) is 13.3. The number of hydrogen-bond donors (Lipinski definition) is 1. The molecule has 1 fully saturated rings. The zero-order valence-electron chi connectivity index (χ0n) is 10.6. The molecule has 0 aromatic heterocycles. The van der Waals surface area contributed by atoms with Crippen LogP contribution in [0.5, 0.6) is 0 Å². The van der Waals surface area contributed by atoms with E-state index in [-0.39, 0.29) is 12.1 Å². The lowest BCUT2D eigenvalue weighted by atomic mass is 10.0. The predicted octanol–water partition coefficient (Wildman–Crippen LogP) is 3.20. The van der Waals surface area contributed by atoms with Crippen LogP contribution in [0.3, 0.4) is 0 Å². The third-order valence-electron chi connectivity index (χ3n) is 3.70. The van der Waals surface area contributed by atoms with Gasteiger partial charge in [0.1, 0.15) is 6.04 Å². The molecule has 18 heavy (non-hydrogen) atoms. The van der Waals surface area contributed by atoms with Gasteiger partial charge in [-0.15, -0.1) is 0 Å². The Hall–Kier alpha value is -1.06. The van der Waals surface area contributed by atoms with Crippen LogP contribution >= 0.6 is 11.6 Å². The Morgan fingerprint density at radius 1 is 1.50 bits per heavy atom. The highest BCUT2D eigenvalue weighted by Gasteiger charge is 2.40. The number of nitrogens with zero attached hydrogens (tertiary/aromatic N) is 1. The summed E-state index contributed by atoms with van der Waals surface area (Å²) < 4.78 is 0. The quantitative estimate of drug-likeness (QED) is 0.891. The van der Waals surface area contributed by atoms with Gasteiger partial charge in [0.25, 0.3) is 0 Å². The highest BCUT2D eigenvalue weighted by atomic mass is 35.5. The molecular weight excluding hydrogens is 250 g/mol. The molecule has 2 atom stereocenters. The van der Waals surface area contributed by atoms with E-state index in [9.17, 15) is 9.90 Å². The first kappa shape index (κ1) is 13.4. The minimum absolute atomic E-state index is 0.0467. The fourth-order valence-corrected chi connectivity index (χ4v) is 2.56. The number of likely N-dealkylation sites (N-methyl/N-ethyl adjacent to an activating group) is 1. The molecule has 2 unspecified atom stereocenters. The Kier molecular flexibility index (Phi) is 3.93. The summed E-state index contributed by atoms with van der Waals surface area (Å²) in [6.07, 6.45) is 2.03. The average Bonchev–Trinajstić information content (AvgIpc) is 3.12. The molecule has 1 aromatic carbocycles. The van der Waals surface area contributed by atoms with E-state index < -0.39 is 5.97 Å². The Balaban J connectivity index is 2.16. The van der Waals surface area contributed by atoms with E-state index in [0.717, 1.165) is 18.4 Å². The van der Waals surface area contributed by atoms with Crippen LogP contribution in [0.4, 0.5) is 0 Å². The molecule has 0 aliphatic heterocycles. The molecule has 1 N–H and O–H groups in total. The lowest BCUT2D eigenvalue weighted by Gasteiger charge is -2.31. The molecule has 0 bridgehead atoms. The van der Waals surface area contributed by atoms with Gasteiger partial charge in [0.05, 0.1) is 0 Å². The molecule has 3 nitrogen and oxygen atoms in total. The summed E-state index contributed by atoms with van der Waals surface area (Å²) in [5, 5.41) is 10.0. The zero-order valence-corrected chi connectivity index (χ0v) is 11.4. The van der Waals surface area contributed by atoms with Crippen LogP contribution in [0.15, 0.2) is 24.3 Å². The van der Waals surface area contributed by atoms with E-state index in [1.807, 2.05) is 43.1 Å². The van der Waals surface area contributed by atoms with Crippen LogP contribution < -0.4 is 0 Å². The van der Waals surface area contributed by atoms with Gasteiger partial charge in [-0.3, -0.25) is 9.69 Å². The second-order valence-corrected chi connectivity index (χ2v) is 5.45. The average molecular weight is 268 g/mol. The number of halogens is 1. The van der Waals surface area contributed by atoms with Gasteiger partial charge in [-0.05, 0) is 50.4 Å². The second kappa shape index (κ2) is 5.29. The summed E-state index contributed by atoms with van der Waals surface area (Å²) in [5.74, 6) is -0.428. The molecule has 4 heteroatoms. The van der Waals surface area contributed by atoms with Crippen molar-refractivity contribution in [3.05, 3.63) is 34.9 Å². The smallest absolute Gasteiger partial charge is 0.321 e. The summed E-state index contributed by atoms with van der Waals surface area (Å²) in [7, 11) is 1.88. The molecule has 1 aliphatic rings. The van der Waals surface area contributed by atoms with Crippen molar-refractivity contribution < 1.29 is 9.90 Å². The van der Waals surface area contributed by atoms with Crippen molar-refractivity contribution in [3.8, 4) is 0 Å².